The lowest BCUT2D eigenvalue weighted by Gasteiger charge is -2.31. The minimum absolute atomic E-state index is 0.0310. The highest BCUT2D eigenvalue weighted by Gasteiger charge is 2.30. The Morgan fingerprint density at radius 3 is 2.28 bits per heavy atom. The lowest BCUT2D eigenvalue weighted by Crippen LogP contribution is -3.15. The molecule has 1 aromatic heterocycles. The lowest BCUT2D eigenvalue weighted by atomic mass is 10.1. The Hall–Kier alpha value is -1.96. The van der Waals surface area contributed by atoms with Gasteiger partial charge in [-0.1, -0.05) is 30.3 Å². The summed E-state index contributed by atoms with van der Waals surface area (Å²) in [5, 5.41) is 0. The number of nitrogens with one attached hydrogen (secondary N) is 1. The number of piperazine rings is 1. The van der Waals surface area contributed by atoms with Crippen molar-refractivity contribution < 1.29 is 18.1 Å². The molecule has 2 heterocycles. The van der Waals surface area contributed by atoms with Crippen molar-refractivity contribution in [1.29, 1.82) is 0 Å². The summed E-state index contributed by atoms with van der Waals surface area (Å²) in [6.45, 7) is 10.9. The predicted molar refractivity (Wildman–Crippen MR) is 115 cm³/mol. The highest BCUT2D eigenvalue weighted by molar-refractivity contribution is 7.88. The summed E-state index contributed by atoms with van der Waals surface area (Å²) in [6.07, 6.45) is 0. The first-order valence-corrected chi connectivity index (χ1v) is 11.9. The number of quaternary nitrogens is 1. The first-order chi connectivity index (χ1) is 13.7. The van der Waals surface area contributed by atoms with Gasteiger partial charge in [-0.2, -0.15) is 4.31 Å². The Balaban J connectivity index is 1.59. The van der Waals surface area contributed by atoms with Crippen LogP contribution in [0.2, 0.25) is 0 Å². The van der Waals surface area contributed by atoms with Gasteiger partial charge in [0.1, 0.15) is 6.54 Å². The molecule has 1 aliphatic heterocycles. The molecular weight excluding hydrogens is 386 g/mol. The summed E-state index contributed by atoms with van der Waals surface area (Å²) in [7, 11) is -3.33. The van der Waals surface area contributed by atoms with E-state index in [0.29, 0.717) is 38.8 Å². The molecule has 0 atom stereocenters. The van der Waals surface area contributed by atoms with Crippen LogP contribution >= 0.6 is 0 Å². The van der Waals surface area contributed by atoms with Crippen LogP contribution in [0, 0.1) is 13.8 Å². The fraction of sp³-hybridized carbons (Fsp3) is 0.500. The number of rotatable bonds is 7. The molecule has 0 spiro atoms. The SMILES string of the molecule is Cc1cc(C(=O)C[NH+]2CCN(S(=O)(=O)Cc3ccccc3)CC2)c(C)n1C(C)C. The van der Waals surface area contributed by atoms with E-state index in [1.165, 1.54) is 0 Å². The van der Waals surface area contributed by atoms with Gasteiger partial charge in [0.05, 0.1) is 31.9 Å². The van der Waals surface area contributed by atoms with Crippen LogP contribution < -0.4 is 4.90 Å². The zero-order valence-electron chi connectivity index (χ0n) is 17.8. The van der Waals surface area contributed by atoms with Gasteiger partial charge in [-0.05, 0) is 39.3 Å². The van der Waals surface area contributed by atoms with E-state index in [1.54, 1.807) is 4.31 Å². The highest BCUT2D eigenvalue weighted by Crippen LogP contribution is 2.20. The van der Waals surface area contributed by atoms with E-state index in [-0.39, 0.29) is 11.5 Å². The van der Waals surface area contributed by atoms with E-state index >= 15 is 0 Å². The average Bonchev–Trinajstić information content (AvgIpc) is 2.97. The van der Waals surface area contributed by atoms with Crippen molar-refractivity contribution >= 4 is 15.8 Å². The van der Waals surface area contributed by atoms with Crippen LogP contribution in [-0.4, -0.2) is 55.8 Å². The molecule has 3 rings (SSSR count). The molecule has 29 heavy (non-hydrogen) atoms. The number of benzene rings is 1. The summed E-state index contributed by atoms with van der Waals surface area (Å²) in [4.78, 5) is 14.0. The van der Waals surface area contributed by atoms with Gasteiger partial charge in [-0.3, -0.25) is 4.79 Å². The van der Waals surface area contributed by atoms with Crippen LogP contribution in [0.3, 0.4) is 0 Å². The van der Waals surface area contributed by atoms with Gasteiger partial charge in [0, 0.05) is 23.0 Å². The maximum atomic E-state index is 12.9. The minimum Gasteiger partial charge on any atom is -0.346 e. The fourth-order valence-corrected chi connectivity index (χ4v) is 5.84. The molecule has 0 aliphatic carbocycles. The second-order valence-electron chi connectivity index (χ2n) is 8.24. The number of ketones is 1. The largest absolute Gasteiger partial charge is 0.346 e. The number of aryl methyl sites for hydroxylation is 1. The molecule has 1 aromatic carbocycles. The van der Waals surface area contributed by atoms with Crippen LogP contribution in [0.5, 0.6) is 0 Å². The molecule has 0 amide bonds. The predicted octanol–water partition coefficient (Wildman–Crippen LogP) is 1.60. The zero-order valence-corrected chi connectivity index (χ0v) is 18.6. The van der Waals surface area contributed by atoms with Crippen molar-refractivity contribution in [2.75, 3.05) is 32.7 Å². The fourth-order valence-electron chi connectivity index (χ4n) is 4.31. The third-order valence-corrected chi connectivity index (χ3v) is 7.58. The van der Waals surface area contributed by atoms with Crippen LogP contribution in [0.15, 0.2) is 36.4 Å². The molecular formula is C22H32N3O3S+. The van der Waals surface area contributed by atoms with Crippen LogP contribution in [-0.2, 0) is 15.8 Å². The third-order valence-electron chi connectivity index (χ3n) is 5.73. The number of sulfonamides is 1. The Kier molecular flexibility index (Phi) is 6.61. The molecule has 1 N–H and O–H groups in total. The third kappa shape index (κ3) is 4.97. The summed E-state index contributed by atoms with van der Waals surface area (Å²) in [6, 6.07) is 11.6. The van der Waals surface area contributed by atoms with Gasteiger partial charge in [0.2, 0.25) is 15.8 Å². The van der Waals surface area contributed by atoms with Gasteiger partial charge in [0.25, 0.3) is 0 Å². The van der Waals surface area contributed by atoms with Crippen molar-refractivity contribution in [2.45, 2.75) is 39.5 Å². The lowest BCUT2D eigenvalue weighted by molar-refractivity contribution is -0.895. The molecule has 0 saturated carbocycles. The minimum atomic E-state index is -3.33. The zero-order chi connectivity index (χ0) is 21.2. The number of hydrogen-bond acceptors (Lipinski definition) is 3. The summed E-state index contributed by atoms with van der Waals surface area (Å²) < 4.78 is 29.2. The first kappa shape index (κ1) is 21.7. The Labute approximate surface area is 174 Å². The smallest absolute Gasteiger partial charge is 0.218 e. The highest BCUT2D eigenvalue weighted by atomic mass is 32.2. The normalized spacial score (nSPS) is 16.4. The van der Waals surface area contributed by atoms with E-state index in [4.69, 9.17) is 0 Å². The standard InChI is InChI=1S/C22H31N3O3S/c1-17(2)25-18(3)14-21(19(25)4)22(26)15-23-10-12-24(13-11-23)29(27,28)16-20-8-6-5-7-9-20/h5-9,14,17H,10-13,15-16H2,1-4H3/p+1. The molecule has 1 aliphatic rings. The molecule has 0 radical (unpaired) electrons. The molecule has 7 heteroatoms. The van der Waals surface area contributed by atoms with Crippen molar-refractivity contribution in [1.82, 2.24) is 8.87 Å². The molecule has 0 unspecified atom stereocenters. The number of carbonyl (C=O) groups excluding carboxylic acids is 1. The van der Waals surface area contributed by atoms with Gasteiger partial charge in [-0.15, -0.1) is 0 Å². The molecule has 1 saturated heterocycles. The van der Waals surface area contributed by atoms with Crippen molar-refractivity contribution in [3.8, 4) is 0 Å². The van der Waals surface area contributed by atoms with Crippen molar-refractivity contribution in [2.24, 2.45) is 0 Å². The van der Waals surface area contributed by atoms with Crippen molar-refractivity contribution in [3.63, 3.8) is 0 Å². The average molecular weight is 419 g/mol. The Morgan fingerprint density at radius 1 is 1.10 bits per heavy atom. The summed E-state index contributed by atoms with van der Waals surface area (Å²) >= 11 is 0. The number of hydrogen-bond donors (Lipinski definition) is 1. The first-order valence-electron chi connectivity index (χ1n) is 10.3. The van der Waals surface area contributed by atoms with Gasteiger partial charge >= 0.3 is 0 Å². The summed E-state index contributed by atoms with van der Waals surface area (Å²) in [5.74, 6) is 0.170. The number of Topliss-reactive ketones (excluding diaryl/α,β-unsaturated/α-hetero) is 1. The quantitative estimate of drug-likeness (QED) is 0.695. The molecule has 158 valence electrons. The monoisotopic (exact) mass is 418 g/mol. The van der Waals surface area contributed by atoms with E-state index in [2.05, 4.69) is 18.4 Å². The Morgan fingerprint density at radius 2 is 1.72 bits per heavy atom. The molecule has 2 aromatic rings. The second kappa shape index (κ2) is 8.81. The van der Waals surface area contributed by atoms with Gasteiger partial charge in [-0.25, -0.2) is 8.42 Å². The van der Waals surface area contributed by atoms with E-state index in [9.17, 15) is 13.2 Å². The molecule has 0 bridgehead atoms. The van der Waals surface area contributed by atoms with E-state index < -0.39 is 10.0 Å². The maximum Gasteiger partial charge on any atom is 0.218 e. The molecule has 6 nitrogen and oxygen atoms in total. The maximum absolute atomic E-state index is 12.9. The van der Waals surface area contributed by atoms with Crippen LogP contribution in [0.4, 0.5) is 0 Å². The number of carbonyl (C=O) groups is 1. The van der Waals surface area contributed by atoms with Gasteiger partial charge < -0.3 is 9.47 Å². The van der Waals surface area contributed by atoms with Crippen LogP contribution in [0.25, 0.3) is 0 Å². The van der Waals surface area contributed by atoms with Crippen molar-refractivity contribution in [3.05, 3.63) is 58.9 Å². The topological polar surface area (TPSA) is 63.8 Å². The number of aromatic nitrogens is 1. The second-order valence-corrected chi connectivity index (χ2v) is 10.2. The summed E-state index contributed by atoms with van der Waals surface area (Å²) in [5.41, 5.74) is 3.72. The Bertz CT molecular complexity index is 957. The molecule has 1 fully saturated rings. The van der Waals surface area contributed by atoms with E-state index in [0.717, 1.165) is 27.4 Å². The number of nitrogens with zero attached hydrogens (tertiary/aromatic N) is 2. The van der Waals surface area contributed by atoms with Crippen LogP contribution in [0.1, 0.15) is 47.2 Å². The van der Waals surface area contributed by atoms with Gasteiger partial charge in [0.15, 0.2) is 0 Å². The van der Waals surface area contributed by atoms with E-state index in [1.807, 2.05) is 50.2 Å².